The molecule has 0 aliphatic heterocycles. The van der Waals surface area contributed by atoms with E-state index in [4.69, 9.17) is 11.5 Å². The van der Waals surface area contributed by atoms with Gasteiger partial charge in [0.25, 0.3) is 0 Å². The van der Waals surface area contributed by atoms with Crippen LogP contribution in [0.4, 0.5) is 11.4 Å². The molecule has 0 bridgehead atoms. The van der Waals surface area contributed by atoms with E-state index in [1.54, 1.807) is 6.07 Å². The fourth-order valence-corrected chi connectivity index (χ4v) is 1.35. The number of alkyl halides is 1. The Morgan fingerprint density at radius 2 is 2.00 bits per heavy atom. The molecule has 2 nitrogen and oxygen atoms in total. The van der Waals surface area contributed by atoms with Crippen LogP contribution in [0, 0.1) is 0 Å². The number of benzene rings is 1. The average molecular weight is 215 g/mol. The lowest BCUT2D eigenvalue weighted by Crippen LogP contribution is -1.99. The van der Waals surface area contributed by atoms with Crippen molar-refractivity contribution in [1.82, 2.24) is 0 Å². The molecule has 1 unspecified atom stereocenters. The maximum absolute atomic E-state index is 5.73. The Bertz CT molecular complexity index is 258. The van der Waals surface area contributed by atoms with Gasteiger partial charge >= 0.3 is 0 Å². The summed E-state index contributed by atoms with van der Waals surface area (Å²) in [6.45, 7) is 2.02. The lowest BCUT2D eigenvalue weighted by molar-refractivity contribution is 1.13. The normalized spacial score (nSPS) is 12.9. The van der Waals surface area contributed by atoms with Gasteiger partial charge in [0, 0.05) is 4.83 Å². The summed E-state index contributed by atoms with van der Waals surface area (Å²) in [4.78, 5) is 0.256. The van der Waals surface area contributed by atoms with Crippen molar-refractivity contribution < 1.29 is 0 Å². The van der Waals surface area contributed by atoms with Crippen LogP contribution in [-0.4, -0.2) is 0 Å². The van der Waals surface area contributed by atoms with Gasteiger partial charge in [0.15, 0.2) is 0 Å². The second kappa shape index (κ2) is 3.13. The quantitative estimate of drug-likeness (QED) is 0.557. The molecule has 3 heteroatoms. The molecule has 0 amide bonds. The van der Waals surface area contributed by atoms with Crippen LogP contribution in [0.15, 0.2) is 18.2 Å². The third kappa shape index (κ3) is 1.66. The highest BCUT2D eigenvalue weighted by Gasteiger charge is 2.05. The van der Waals surface area contributed by atoms with Gasteiger partial charge in [-0.05, 0) is 18.6 Å². The first-order chi connectivity index (χ1) is 5.13. The second-order valence-corrected chi connectivity index (χ2v) is 3.84. The lowest BCUT2D eigenvalue weighted by atomic mass is 10.1. The first-order valence-corrected chi connectivity index (χ1v) is 4.32. The van der Waals surface area contributed by atoms with Crippen LogP contribution in [0.1, 0.15) is 17.3 Å². The van der Waals surface area contributed by atoms with E-state index in [0.717, 1.165) is 5.56 Å². The van der Waals surface area contributed by atoms with E-state index in [1.807, 2.05) is 19.1 Å². The molecule has 0 radical (unpaired) electrons. The molecule has 11 heavy (non-hydrogen) atoms. The Morgan fingerprint density at radius 3 is 2.45 bits per heavy atom. The van der Waals surface area contributed by atoms with E-state index < -0.39 is 0 Å². The van der Waals surface area contributed by atoms with Gasteiger partial charge in [-0.25, -0.2) is 0 Å². The Balaban J connectivity index is 3.17. The predicted octanol–water partition coefficient (Wildman–Crippen LogP) is 2.31. The van der Waals surface area contributed by atoms with Gasteiger partial charge in [0.05, 0.1) is 11.4 Å². The van der Waals surface area contributed by atoms with Gasteiger partial charge in [0.1, 0.15) is 0 Å². The highest BCUT2D eigenvalue weighted by Crippen LogP contribution is 2.30. The number of rotatable bonds is 1. The molecule has 1 rings (SSSR count). The molecule has 0 heterocycles. The molecule has 1 aromatic rings. The summed E-state index contributed by atoms with van der Waals surface area (Å²) < 4.78 is 0. The van der Waals surface area contributed by atoms with Crippen molar-refractivity contribution in [2.24, 2.45) is 0 Å². The molecule has 0 aliphatic rings. The second-order valence-electron chi connectivity index (χ2n) is 2.47. The minimum Gasteiger partial charge on any atom is -0.397 e. The number of hydrogen-bond donors (Lipinski definition) is 2. The third-order valence-electron chi connectivity index (χ3n) is 1.60. The highest BCUT2D eigenvalue weighted by atomic mass is 79.9. The van der Waals surface area contributed by atoms with Crippen molar-refractivity contribution in [3.05, 3.63) is 23.8 Å². The van der Waals surface area contributed by atoms with Crippen molar-refractivity contribution in [1.29, 1.82) is 0 Å². The van der Waals surface area contributed by atoms with E-state index in [-0.39, 0.29) is 4.83 Å². The van der Waals surface area contributed by atoms with Crippen molar-refractivity contribution in [2.75, 3.05) is 11.5 Å². The van der Waals surface area contributed by atoms with Crippen LogP contribution in [0.2, 0.25) is 0 Å². The van der Waals surface area contributed by atoms with Crippen molar-refractivity contribution in [3.8, 4) is 0 Å². The number of hydrogen-bond acceptors (Lipinski definition) is 2. The molecule has 0 saturated heterocycles. The summed E-state index contributed by atoms with van der Waals surface area (Å²) in [5.74, 6) is 0. The van der Waals surface area contributed by atoms with Crippen LogP contribution in [0.5, 0.6) is 0 Å². The Hall–Kier alpha value is -0.700. The van der Waals surface area contributed by atoms with Crippen LogP contribution in [-0.2, 0) is 0 Å². The molecule has 0 saturated carbocycles. The number of nitrogens with two attached hydrogens (primary N) is 2. The summed E-state index contributed by atoms with van der Waals surface area (Å²) in [6, 6.07) is 5.66. The standard InChI is InChI=1S/C8H11BrN2/c1-5(9)6-3-2-4-7(10)8(6)11/h2-5H,10-11H2,1H3. The van der Waals surface area contributed by atoms with Crippen molar-refractivity contribution in [3.63, 3.8) is 0 Å². The lowest BCUT2D eigenvalue weighted by Gasteiger charge is -2.08. The number of halogens is 1. The highest BCUT2D eigenvalue weighted by molar-refractivity contribution is 9.09. The SMILES string of the molecule is CC(Br)c1cccc(N)c1N. The van der Waals surface area contributed by atoms with Crippen LogP contribution in [0.25, 0.3) is 0 Å². The van der Waals surface area contributed by atoms with Gasteiger partial charge in [-0.2, -0.15) is 0 Å². The zero-order chi connectivity index (χ0) is 8.43. The molecular weight excluding hydrogens is 204 g/mol. The molecule has 0 fully saturated rings. The molecular formula is C8H11BrN2. The number of anilines is 2. The fraction of sp³-hybridized carbons (Fsp3) is 0.250. The minimum atomic E-state index is 0.256. The number of para-hydroxylation sites is 1. The topological polar surface area (TPSA) is 52.0 Å². The molecule has 4 N–H and O–H groups in total. The fourth-order valence-electron chi connectivity index (χ4n) is 0.949. The van der Waals surface area contributed by atoms with E-state index in [2.05, 4.69) is 15.9 Å². The minimum absolute atomic E-state index is 0.256. The summed E-state index contributed by atoms with van der Waals surface area (Å²) >= 11 is 3.43. The molecule has 1 aromatic carbocycles. The first kappa shape index (κ1) is 8.40. The zero-order valence-corrected chi connectivity index (χ0v) is 7.93. The van der Waals surface area contributed by atoms with Gasteiger partial charge in [-0.15, -0.1) is 0 Å². The third-order valence-corrected chi connectivity index (χ3v) is 2.10. The molecule has 0 aromatic heterocycles. The Morgan fingerprint density at radius 1 is 1.36 bits per heavy atom. The molecule has 1 atom stereocenters. The maximum atomic E-state index is 5.73. The smallest absolute Gasteiger partial charge is 0.0591 e. The summed E-state index contributed by atoms with van der Waals surface area (Å²) in [5.41, 5.74) is 13.7. The maximum Gasteiger partial charge on any atom is 0.0591 e. The molecule has 0 aliphatic carbocycles. The Kier molecular flexibility index (Phi) is 2.39. The van der Waals surface area contributed by atoms with Crippen LogP contribution < -0.4 is 11.5 Å². The average Bonchev–Trinajstić information content (AvgIpc) is 1.94. The molecule has 0 spiro atoms. The number of nitrogen functional groups attached to an aromatic ring is 2. The predicted molar refractivity (Wildman–Crippen MR) is 52.6 cm³/mol. The summed E-state index contributed by atoms with van der Waals surface area (Å²) in [5, 5.41) is 0. The van der Waals surface area contributed by atoms with Crippen LogP contribution >= 0.6 is 15.9 Å². The first-order valence-electron chi connectivity index (χ1n) is 3.41. The van der Waals surface area contributed by atoms with E-state index in [0.29, 0.717) is 11.4 Å². The zero-order valence-electron chi connectivity index (χ0n) is 6.34. The monoisotopic (exact) mass is 214 g/mol. The largest absolute Gasteiger partial charge is 0.397 e. The van der Waals surface area contributed by atoms with Crippen molar-refractivity contribution >= 4 is 27.3 Å². The summed E-state index contributed by atoms with van der Waals surface area (Å²) in [6.07, 6.45) is 0. The van der Waals surface area contributed by atoms with E-state index in [1.165, 1.54) is 0 Å². The Labute approximate surface area is 74.7 Å². The van der Waals surface area contributed by atoms with Gasteiger partial charge < -0.3 is 11.5 Å². The van der Waals surface area contributed by atoms with Gasteiger partial charge in [-0.3, -0.25) is 0 Å². The van der Waals surface area contributed by atoms with E-state index in [9.17, 15) is 0 Å². The van der Waals surface area contributed by atoms with Crippen molar-refractivity contribution in [2.45, 2.75) is 11.8 Å². The molecule has 60 valence electrons. The van der Waals surface area contributed by atoms with Gasteiger partial charge in [-0.1, -0.05) is 28.1 Å². The van der Waals surface area contributed by atoms with E-state index >= 15 is 0 Å². The summed E-state index contributed by atoms with van der Waals surface area (Å²) in [7, 11) is 0. The van der Waals surface area contributed by atoms with Gasteiger partial charge in [0.2, 0.25) is 0 Å². The van der Waals surface area contributed by atoms with Crippen LogP contribution in [0.3, 0.4) is 0 Å².